The number of nitrogens with zero attached hydrogens (tertiary/aromatic N) is 1. The summed E-state index contributed by atoms with van der Waals surface area (Å²) in [6.07, 6.45) is 0. The van der Waals surface area contributed by atoms with Crippen LogP contribution in [0, 0.1) is 6.92 Å². The summed E-state index contributed by atoms with van der Waals surface area (Å²) in [6, 6.07) is 71.4. The fourth-order valence-corrected chi connectivity index (χ4v) is 21.4. The van der Waals surface area contributed by atoms with Gasteiger partial charge >= 0.3 is 0 Å². The number of rotatable bonds is 3. The Morgan fingerprint density at radius 1 is 0.474 bits per heavy atom. The number of aryl methyl sites for hydroxylation is 1. The van der Waals surface area contributed by atoms with Gasteiger partial charge in [-0.15, -0.1) is 11.3 Å². The lowest BCUT2D eigenvalue weighted by atomic mass is 9.97. The molecule has 0 radical (unpaired) electrons. The van der Waals surface area contributed by atoms with Crippen molar-refractivity contribution in [1.82, 2.24) is 4.57 Å². The number of hydrogen-bond donors (Lipinski definition) is 0. The van der Waals surface area contributed by atoms with Crippen LogP contribution in [-0.2, 0) is 16.4 Å². The van der Waals surface area contributed by atoms with Gasteiger partial charge in [0.1, 0.15) is 56.4 Å². The standard InChI is InChI=1S/C39H23O3PS2.C26H16NO3P/c1-22-18-32-38-33(19-22)42-37-29-21-24(16-17-35(29)45-39(37)43(38,44)34-15-5-4-14-31(34)40-32)23-8-6-9-25(20-23)26-11-7-12-28-27-10-2-3-13-30(27)41-36(26)28;28-31-23-16-7-6-13-20(23)29-21-14-8-15-22(25(21)31)30-24-18-11-4-5-12-19(18)27(26(24)31)17-9-2-1-3-10-17/h2-21H,1H3;1-16H. The van der Waals surface area contributed by atoms with Crippen molar-refractivity contribution in [2.75, 3.05) is 0 Å². The molecule has 0 saturated heterocycles. The van der Waals surface area contributed by atoms with E-state index in [0.717, 1.165) is 110 Å². The molecule has 7 heterocycles. The first-order valence-corrected chi connectivity index (χ1v) is 30.3. The molecule has 0 amide bonds. The van der Waals surface area contributed by atoms with Gasteiger partial charge in [0.05, 0.1) is 26.8 Å². The molecule has 11 heteroatoms. The van der Waals surface area contributed by atoms with Crippen LogP contribution < -0.4 is 50.2 Å². The number of ether oxygens (including phenoxy) is 4. The van der Waals surface area contributed by atoms with Crippen molar-refractivity contribution in [2.24, 2.45) is 0 Å². The van der Waals surface area contributed by atoms with Gasteiger partial charge in [-0.3, -0.25) is 0 Å². The first-order valence-electron chi connectivity index (χ1n) is 25.0. The average Bonchev–Trinajstić information content (AvgIpc) is 4.32. The number of furan rings is 1. The Balaban J connectivity index is 0.000000137. The molecule has 4 aliphatic rings. The van der Waals surface area contributed by atoms with Crippen LogP contribution in [0.5, 0.6) is 46.0 Å². The smallest absolute Gasteiger partial charge is 0.201 e. The van der Waals surface area contributed by atoms with Crippen molar-refractivity contribution in [3.63, 3.8) is 0 Å². The van der Waals surface area contributed by atoms with Crippen molar-refractivity contribution < 1.29 is 27.9 Å². The molecule has 10 aromatic carbocycles. The second-order valence-electron chi connectivity index (χ2n) is 19.4. The minimum atomic E-state index is -3.28. The van der Waals surface area contributed by atoms with Crippen LogP contribution in [0.3, 0.4) is 0 Å². The molecule has 13 aromatic rings. The molecule has 3 aromatic heterocycles. The van der Waals surface area contributed by atoms with Gasteiger partial charge in [0, 0.05) is 42.8 Å². The highest BCUT2D eigenvalue weighted by Gasteiger charge is 2.50. The molecule has 0 bridgehead atoms. The number of aromatic nitrogens is 1. The summed E-state index contributed by atoms with van der Waals surface area (Å²) in [5, 5.41) is 7.79. The molecule has 76 heavy (non-hydrogen) atoms. The van der Waals surface area contributed by atoms with Crippen LogP contribution in [0.2, 0.25) is 0 Å². The molecule has 0 saturated carbocycles. The lowest BCUT2D eigenvalue weighted by Gasteiger charge is -2.35. The normalized spacial score (nSPS) is 16.9. The molecule has 7 nitrogen and oxygen atoms in total. The Morgan fingerprint density at radius 3 is 1.95 bits per heavy atom. The third kappa shape index (κ3) is 6.17. The first kappa shape index (κ1) is 43.9. The lowest BCUT2D eigenvalue weighted by molar-refractivity contribution is 0.463. The van der Waals surface area contributed by atoms with Crippen molar-refractivity contribution >= 4 is 111 Å². The van der Waals surface area contributed by atoms with Crippen LogP contribution in [0.4, 0.5) is 0 Å². The van der Waals surface area contributed by atoms with Crippen LogP contribution in [0.25, 0.3) is 70.9 Å². The van der Waals surface area contributed by atoms with Crippen LogP contribution in [0.1, 0.15) is 5.56 Å². The lowest BCUT2D eigenvalue weighted by Crippen LogP contribution is -2.37. The van der Waals surface area contributed by atoms with E-state index in [4.69, 9.17) is 35.2 Å². The van der Waals surface area contributed by atoms with E-state index < -0.39 is 13.2 Å². The van der Waals surface area contributed by atoms with Gasteiger partial charge in [-0.05, 0) is 126 Å². The van der Waals surface area contributed by atoms with E-state index in [1.165, 1.54) is 4.70 Å². The predicted octanol–water partition coefficient (Wildman–Crippen LogP) is 15.9. The quantitative estimate of drug-likeness (QED) is 0.163. The zero-order valence-corrected chi connectivity index (χ0v) is 43.8. The zero-order valence-electron chi connectivity index (χ0n) is 40.4. The van der Waals surface area contributed by atoms with E-state index in [0.29, 0.717) is 39.0 Å². The molecule has 0 N–H and O–H groups in total. The van der Waals surface area contributed by atoms with E-state index >= 15 is 4.57 Å². The Morgan fingerprint density at radius 2 is 1.09 bits per heavy atom. The highest BCUT2D eigenvalue weighted by atomic mass is 32.4. The summed E-state index contributed by atoms with van der Waals surface area (Å²) in [4.78, 5) is 0. The predicted molar refractivity (Wildman–Crippen MR) is 314 cm³/mol. The van der Waals surface area contributed by atoms with Crippen molar-refractivity contribution in [1.29, 1.82) is 0 Å². The minimum absolute atomic E-state index is 0.593. The monoisotopic (exact) mass is 1060 g/mol. The summed E-state index contributed by atoms with van der Waals surface area (Å²) in [5.74, 6) is 5.87. The van der Waals surface area contributed by atoms with E-state index in [1.807, 2.05) is 121 Å². The van der Waals surface area contributed by atoms with E-state index in [9.17, 15) is 0 Å². The number of hydrogen-bond acceptors (Lipinski definition) is 8. The van der Waals surface area contributed by atoms with Crippen molar-refractivity contribution in [2.45, 2.75) is 6.92 Å². The molecule has 362 valence electrons. The molecule has 2 atom stereocenters. The van der Waals surface area contributed by atoms with Gasteiger partial charge in [0.2, 0.25) is 7.14 Å². The minimum Gasteiger partial charge on any atom is -0.456 e. The zero-order chi connectivity index (χ0) is 50.4. The van der Waals surface area contributed by atoms with E-state index in [-0.39, 0.29) is 0 Å². The number of benzene rings is 10. The molecule has 4 aliphatic heterocycles. The molecular formula is C65H39NO6P2S2. The van der Waals surface area contributed by atoms with Gasteiger partial charge in [0.15, 0.2) is 11.5 Å². The van der Waals surface area contributed by atoms with E-state index in [2.05, 4.69) is 109 Å². The second kappa shape index (κ2) is 16.3. The maximum atomic E-state index is 15.3. The molecule has 0 fully saturated rings. The summed E-state index contributed by atoms with van der Waals surface area (Å²) in [6.45, 7) is 2.08. The van der Waals surface area contributed by atoms with Gasteiger partial charge in [-0.1, -0.05) is 133 Å². The van der Waals surface area contributed by atoms with Gasteiger partial charge < -0.3 is 32.5 Å². The Hall–Kier alpha value is -8.42. The Kier molecular flexibility index (Phi) is 9.42. The largest absolute Gasteiger partial charge is 0.456 e. The van der Waals surface area contributed by atoms with Crippen molar-refractivity contribution in [3.8, 4) is 73.9 Å². The maximum Gasteiger partial charge on any atom is 0.201 e. The highest BCUT2D eigenvalue weighted by molar-refractivity contribution is 8.27. The number of thiophene rings is 1. The third-order valence-electron chi connectivity index (χ3n) is 15.0. The summed E-state index contributed by atoms with van der Waals surface area (Å²) in [5.41, 5.74) is 9.98. The van der Waals surface area contributed by atoms with Gasteiger partial charge in [-0.25, -0.2) is 0 Å². The topological polar surface area (TPSA) is 72.1 Å². The molecule has 0 aliphatic carbocycles. The van der Waals surface area contributed by atoms with Crippen molar-refractivity contribution in [3.05, 3.63) is 224 Å². The SMILES string of the molecule is Cc1cc2c3c(c1)Oc1c(sc4ccc(-c5cccc(-c6cccc7c6oc6ccccc67)c5)cc14)P3(=S)c1ccccc1O2.O=P12c3ccccc3Oc3cccc(c31)Oc1c2n(-c2ccccc2)c2ccccc12. The van der Waals surface area contributed by atoms with Crippen LogP contribution >= 0.6 is 24.5 Å². The van der Waals surface area contributed by atoms with Gasteiger partial charge in [0.25, 0.3) is 0 Å². The van der Waals surface area contributed by atoms with E-state index in [1.54, 1.807) is 11.3 Å². The van der Waals surface area contributed by atoms with Gasteiger partial charge in [-0.2, -0.15) is 0 Å². The first-order chi connectivity index (χ1) is 37.3. The van der Waals surface area contributed by atoms with Crippen LogP contribution in [0.15, 0.2) is 223 Å². The fourth-order valence-electron chi connectivity index (χ4n) is 11.7. The highest BCUT2D eigenvalue weighted by Crippen LogP contribution is 2.63. The summed E-state index contributed by atoms with van der Waals surface area (Å²) >= 11 is 8.52. The maximum absolute atomic E-state index is 15.3. The average molecular weight is 1060 g/mol. The molecule has 17 rings (SSSR count). The Bertz CT molecular complexity index is 4760. The van der Waals surface area contributed by atoms with Crippen LogP contribution in [-0.4, -0.2) is 4.57 Å². The fraction of sp³-hybridized carbons (Fsp3) is 0.0154. The molecule has 2 unspecified atom stereocenters. The summed E-state index contributed by atoms with van der Waals surface area (Å²) < 4.78 is 51.9. The number of fused-ring (bicyclic) bond motifs is 15. The third-order valence-corrected chi connectivity index (χ3v) is 25.1. The molecular weight excluding hydrogens is 1020 g/mol. The molecule has 0 spiro atoms. The summed E-state index contributed by atoms with van der Waals surface area (Å²) in [7, 11) is -3.28. The second-order valence-corrected chi connectivity index (χ2v) is 27.6. The number of para-hydroxylation sites is 6. The Labute approximate surface area is 445 Å².